The van der Waals surface area contributed by atoms with Gasteiger partial charge in [0.15, 0.2) is 0 Å². The Morgan fingerprint density at radius 1 is 1.43 bits per heavy atom. The number of rotatable bonds is 4. The molecular formula is C17H21N3O2S. The molecule has 122 valence electrons. The standard InChI is InChI=1S/C17H21N3O2S/c1-11-13-16(19-10-20(2)17(13)22)23-14(11)15(21)18-9-8-12-6-4-3-5-7-12/h6,10H,3-5,7-9H2,1-2H3,(H,18,21). The molecule has 0 spiro atoms. The van der Waals surface area contributed by atoms with E-state index in [0.717, 1.165) is 24.8 Å². The first-order valence-electron chi connectivity index (χ1n) is 7.98. The van der Waals surface area contributed by atoms with E-state index < -0.39 is 0 Å². The first-order chi connectivity index (χ1) is 11.1. The second-order valence-corrected chi connectivity index (χ2v) is 7.01. The molecule has 3 rings (SSSR count). The van der Waals surface area contributed by atoms with Crippen LogP contribution in [0.15, 0.2) is 22.8 Å². The molecule has 0 radical (unpaired) electrons. The van der Waals surface area contributed by atoms with Crippen LogP contribution in [0, 0.1) is 6.92 Å². The van der Waals surface area contributed by atoms with Gasteiger partial charge in [-0.2, -0.15) is 0 Å². The van der Waals surface area contributed by atoms with Crippen LogP contribution < -0.4 is 10.9 Å². The average Bonchev–Trinajstić information content (AvgIpc) is 2.89. The first kappa shape index (κ1) is 15.9. The summed E-state index contributed by atoms with van der Waals surface area (Å²) in [5, 5.41) is 3.53. The number of aromatic nitrogens is 2. The van der Waals surface area contributed by atoms with Gasteiger partial charge in [0.2, 0.25) is 0 Å². The first-order valence-corrected chi connectivity index (χ1v) is 8.80. The van der Waals surface area contributed by atoms with Gasteiger partial charge in [-0.05, 0) is 44.6 Å². The zero-order chi connectivity index (χ0) is 16.4. The maximum Gasteiger partial charge on any atom is 0.262 e. The van der Waals surface area contributed by atoms with E-state index >= 15 is 0 Å². The quantitative estimate of drug-likeness (QED) is 0.876. The Morgan fingerprint density at radius 3 is 3.00 bits per heavy atom. The van der Waals surface area contributed by atoms with Crippen molar-refractivity contribution in [2.24, 2.45) is 7.05 Å². The van der Waals surface area contributed by atoms with Crippen molar-refractivity contribution in [1.29, 1.82) is 0 Å². The fourth-order valence-electron chi connectivity index (χ4n) is 2.97. The minimum absolute atomic E-state index is 0.102. The zero-order valence-electron chi connectivity index (χ0n) is 13.5. The molecular weight excluding hydrogens is 310 g/mol. The molecule has 1 aliphatic carbocycles. The predicted molar refractivity (Wildman–Crippen MR) is 93.1 cm³/mol. The van der Waals surface area contributed by atoms with Gasteiger partial charge in [-0.25, -0.2) is 4.98 Å². The van der Waals surface area contributed by atoms with E-state index in [4.69, 9.17) is 0 Å². The van der Waals surface area contributed by atoms with Gasteiger partial charge in [-0.1, -0.05) is 11.6 Å². The number of aryl methyl sites for hydroxylation is 2. The summed E-state index contributed by atoms with van der Waals surface area (Å²) < 4.78 is 1.44. The second-order valence-electron chi connectivity index (χ2n) is 6.01. The lowest BCUT2D eigenvalue weighted by atomic mass is 9.97. The van der Waals surface area contributed by atoms with Crippen LogP contribution in [-0.4, -0.2) is 22.0 Å². The van der Waals surface area contributed by atoms with Gasteiger partial charge < -0.3 is 9.88 Å². The molecule has 0 atom stereocenters. The fraction of sp³-hybridized carbons (Fsp3) is 0.471. The van der Waals surface area contributed by atoms with Crippen LogP contribution in [0.25, 0.3) is 10.2 Å². The van der Waals surface area contributed by atoms with Crippen molar-refractivity contribution < 1.29 is 4.79 Å². The summed E-state index contributed by atoms with van der Waals surface area (Å²) in [6, 6.07) is 0. The number of amides is 1. The van der Waals surface area contributed by atoms with E-state index in [-0.39, 0.29) is 11.5 Å². The number of fused-ring (bicyclic) bond motifs is 1. The number of allylic oxidation sites excluding steroid dienone is 1. The van der Waals surface area contributed by atoms with E-state index in [9.17, 15) is 9.59 Å². The van der Waals surface area contributed by atoms with Gasteiger partial charge in [0.1, 0.15) is 4.83 Å². The molecule has 0 aliphatic heterocycles. The summed E-state index contributed by atoms with van der Waals surface area (Å²) >= 11 is 1.29. The van der Waals surface area contributed by atoms with Crippen LogP contribution in [0.4, 0.5) is 0 Å². The molecule has 0 fully saturated rings. The highest BCUT2D eigenvalue weighted by Gasteiger charge is 2.18. The molecule has 2 aromatic heterocycles. The summed E-state index contributed by atoms with van der Waals surface area (Å²) in [6.45, 7) is 2.46. The van der Waals surface area contributed by atoms with Crippen molar-refractivity contribution in [3.63, 3.8) is 0 Å². The minimum atomic E-state index is -0.107. The number of hydrogen-bond donors (Lipinski definition) is 1. The van der Waals surface area contributed by atoms with Crippen LogP contribution in [0.3, 0.4) is 0 Å². The van der Waals surface area contributed by atoms with Crippen LogP contribution >= 0.6 is 11.3 Å². The molecule has 0 saturated heterocycles. The highest BCUT2D eigenvalue weighted by atomic mass is 32.1. The van der Waals surface area contributed by atoms with Crippen molar-refractivity contribution in [1.82, 2.24) is 14.9 Å². The van der Waals surface area contributed by atoms with Gasteiger partial charge in [-0.15, -0.1) is 11.3 Å². The van der Waals surface area contributed by atoms with Crippen LogP contribution in [0.2, 0.25) is 0 Å². The van der Waals surface area contributed by atoms with Gasteiger partial charge in [-0.3, -0.25) is 9.59 Å². The molecule has 1 amide bonds. The molecule has 0 aromatic carbocycles. The van der Waals surface area contributed by atoms with Crippen molar-refractivity contribution in [3.05, 3.63) is 38.8 Å². The van der Waals surface area contributed by atoms with E-state index in [0.29, 0.717) is 21.6 Å². The number of carbonyl (C=O) groups excluding carboxylic acids is 1. The van der Waals surface area contributed by atoms with Crippen LogP contribution in [0.1, 0.15) is 47.3 Å². The highest BCUT2D eigenvalue weighted by molar-refractivity contribution is 7.20. The average molecular weight is 331 g/mol. The smallest absolute Gasteiger partial charge is 0.262 e. The number of carbonyl (C=O) groups is 1. The van der Waals surface area contributed by atoms with E-state index in [1.165, 1.54) is 40.6 Å². The second kappa shape index (κ2) is 6.66. The van der Waals surface area contributed by atoms with Gasteiger partial charge in [0.05, 0.1) is 16.6 Å². The molecule has 2 heterocycles. The molecule has 2 aromatic rings. The summed E-state index contributed by atoms with van der Waals surface area (Å²) in [5.41, 5.74) is 2.07. The molecule has 1 N–H and O–H groups in total. The Labute approximate surface area is 139 Å². The maximum atomic E-state index is 12.4. The van der Waals surface area contributed by atoms with Gasteiger partial charge in [0, 0.05) is 13.6 Å². The SMILES string of the molecule is Cc1c(C(=O)NCCC2=CCCCC2)sc2ncn(C)c(=O)c12. The Hall–Kier alpha value is -1.95. The maximum absolute atomic E-state index is 12.4. The summed E-state index contributed by atoms with van der Waals surface area (Å²) in [6.07, 6.45) is 9.55. The molecule has 1 aliphatic rings. The lowest BCUT2D eigenvalue weighted by Gasteiger charge is -2.12. The van der Waals surface area contributed by atoms with Crippen molar-refractivity contribution >= 4 is 27.5 Å². The Bertz CT molecular complexity index is 832. The van der Waals surface area contributed by atoms with Crippen molar-refractivity contribution in [2.75, 3.05) is 6.54 Å². The Balaban J connectivity index is 1.73. The lowest BCUT2D eigenvalue weighted by molar-refractivity contribution is 0.0957. The fourth-order valence-corrected chi connectivity index (χ4v) is 4.03. The lowest BCUT2D eigenvalue weighted by Crippen LogP contribution is -2.24. The Morgan fingerprint density at radius 2 is 2.26 bits per heavy atom. The number of thiophene rings is 1. The van der Waals surface area contributed by atoms with Crippen LogP contribution in [0.5, 0.6) is 0 Å². The van der Waals surface area contributed by atoms with Crippen LogP contribution in [-0.2, 0) is 7.05 Å². The third kappa shape index (κ3) is 3.22. The molecule has 0 saturated carbocycles. The third-order valence-electron chi connectivity index (χ3n) is 4.33. The molecule has 5 nitrogen and oxygen atoms in total. The van der Waals surface area contributed by atoms with E-state index in [1.54, 1.807) is 7.05 Å². The number of nitrogens with zero attached hydrogens (tertiary/aromatic N) is 2. The minimum Gasteiger partial charge on any atom is -0.351 e. The molecule has 0 unspecified atom stereocenters. The van der Waals surface area contributed by atoms with Gasteiger partial charge >= 0.3 is 0 Å². The molecule has 23 heavy (non-hydrogen) atoms. The zero-order valence-corrected chi connectivity index (χ0v) is 14.3. The Kier molecular flexibility index (Phi) is 4.61. The topological polar surface area (TPSA) is 64.0 Å². The van der Waals surface area contributed by atoms with Gasteiger partial charge in [0.25, 0.3) is 11.5 Å². The summed E-state index contributed by atoms with van der Waals surface area (Å²) in [4.78, 5) is 30.1. The highest BCUT2D eigenvalue weighted by Crippen LogP contribution is 2.26. The number of hydrogen-bond acceptors (Lipinski definition) is 4. The van der Waals surface area contributed by atoms with E-state index in [2.05, 4.69) is 16.4 Å². The predicted octanol–water partition coefficient (Wildman–Crippen LogP) is 2.92. The van der Waals surface area contributed by atoms with Crippen molar-refractivity contribution in [3.8, 4) is 0 Å². The molecule has 0 bridgehead atoms. The molecule has 6 heteroatoms. The number of nitrogens with one attached hydrogen (secondary N) is 1. The monoisotopic (exact) mass is 331 g/mol. The van der Waals surface area contributed by atoms with E-state index in [1.807, 2.05) is 6.92 Å². The summed E-state index contributed by atoms with van der Waals surface area (Å²) in [7, 11) is 1.67. The summed E-state index contributed by atoms with van der Waals surface area (Å²) in [5.74, 6) is -0.107. The van der Waals surface area contributed by atoms with Crippen molar-refractivity contribution in [2.45, 2.75) is 39.0 Å². The largest absolute Gasteiger partial charge is 0.351 e. The third-order valence-corrected chi connectivity index (χ3v) is 5.53. The normalized spacial score (nSPS) is 14.8.